The third kappa shape index (κ3) is 4.60. The van der Waals surface area contributed by atoms with Crippen molar-refractivity contribution in [2.45, 2.75) is 39.0 Å². The molecule has 0 saturated carbocycles. The Morgan fingerprint density at radius 3 is 2.81 bits per heavy atom. The molecule has 7 nitrogen and oxygen atoms in total. The van der Waals surface area contributed by atoms with E-state index in [1.54, 1.807) is 33.9 Å². The predicted molar refractivity (Wildman–Crippen MR) is 117 cm³/mol. The molecule has 0 radical (unpaired) electrons. The molecule has 0 aliphatic carbocycles. The van der Waals surface area contributed by atoms with Gasteiger partial charge in [0, 0.05) is 31.5 Å². The number of rotatable bonds is 7. The number of carbonyl (C=O) groups excluding carboxylic acids is 2. The van der Waals surface area contributed by atoms with Gasteiger partial charge in [-0.2, -0.15) is 5.10 Å². The maximum atomic E-state index is 13.2. The predicted octanol–water partition coefficient (Wildman–Crippen LogP) is 3.54. The summed E-state index contributed by atoms with van der Waals surface area (Å²) in [5.74, 6) is -0.362. The van der Waals surface area contributed by atoms with Gasteiger partial charge in [0.15, 0.2) is 11.3 Å². The van der Waals surface area contributed by atoms with Crippen molar-refractivity contribution in [2.24, 2.45) is 5.41 Å². The normalized spacial score (nSPS) is 18.8. The lowest BCUT2D eigenvalue weighted by molar-refractivity contribution is -0.159. The second-order valence-corrected chi connectivity index (χ2v) is 8.12. The van der Waals surface area contributed by atoms with Gasteiger partial charge in [-0.25, -0.2) is 9.50 Å². The maximum Gasteiger partial charge on any atom is 0.313 e. The largest absolute Gasteiger partial charge is 0.466 e. The van der Waals surface area contributed by atoms with Gasteiger partial charge in [0.05, 0.1) is 12.0 Å². The average Bonchev–Trinajstić information content (AvgIpc) is 3.24. The van der Waals surface area contributed by atoms with E-state index in [0.717, 1.165) is 25.7 Å². The van der Waals surface area contributed by atoms with Crippen LogP contribution in [0, 0.1) is 5.41 Å². The van der Waals surface area contributed by atoms with Gasteiger partial charge in [-0.05, 0) is 50.7 Å². The molecular formula is C24H28N4O3. The third-order valence-electron chi connectivity index (χ3n) is 5.99. The summed E-state index contributed by atoms with van der Waals surface area (Å²) >= 11 is 0. The Labute approximate surface area is 182 Å². The van der Waals surface area contributed by atoms with Crippen molar-refractivity contribution in [3.05, 3.63) is 66.1 Å². The van der Waals surface area contributed by atoms with E-state index in [9.17, 15) is 9.59 Å². The summed E-state index contributed by atoms with van der Waals surface area (Å²) in [6.45, 7) is 3.14. The Hall–Kier alpha value is -3.22. The van der Waals surface area contributed by atoms with Crippen molar-refractivity contribution in [2.75, 3.05) is 19.7 Å². The molecular weight excluding hydrogens is 392 g/mol. The number of likely N-dealkylation sites (tertiary alicyclic amines) is 1. The molecule has 1 aliphatic heterocycles. The highest BCUT2D eigenvalue weighted by Crippen LogP contribution is 2.37. The fraction of sp³-hybridized carbons (Fsp3) is 0.417. The van der Waals surface area contributed by atoms with E-state index < -0.39 is 5.41 Å². The van der Waals surface area contributed by atoms with Crippen LogP contribution in [0.1, 0.15) is 48.7 Å². The molecule has 0 unspecified atom stereocenters. The van der Waals surface area contributed by atoms with Gasteiger partial charge in [0.2, 0.25) is 0 Å². The molecule has 0 N–H and O–H groups in total. The molecule has 1 amide bonds. The Kier molecular flexibility index (Phi) is 6.30. The third-order valence-corrected chi connectivity index (χ3v) is 5.99. The molecule has 3 aromatic rings. The van der Waals surface area contributed by atoms with Gasteiger partial charge in [-0.15, -0.1) is 0 Å². The van der Waals surface area contributed by atoms with Crippen molar-refractivity contribution < 1.29 is 14.3 Å². The highest BCUT2D eigenvalue weighted by molar-refractivity contribution is 5.94. The zero-order valence-corrected chi connectivity index (χ0v) is 17.9. The van der Waals surface area contributed by atoms with Crippen LogP contribution < -0.4 is 0 Å². The van der Waals surface area contributed by atoms with Crippen LogP contribution in [0.25, 0.3) is 5.65 Å². The van der Waals surface area contributed by atoms with Crippen molar-refractivity contribution in [1.82, 2.24) is 19.5 Å². The number of hydrogen-bond acceptors (Lipinski definition) is 5. The Morgan fingerprint density at radius 1 is 1.19 bits per heavy atom. The number of hydrogen-bond donors (Lipinski definition) is 0. The summed E-state index contributed by atoms with van der Waals surface area (Å²) in [5, 5.41) is 4.37. The lowest BCUT2D eigenvalue weighted by Crippen LogP contribution is -2.50. The van der Waals surface area contributed by atoms with Crippen LogP contribution in [0.4, 0.5) is 0 Å². The standard InChI is InChI=1S/C24H28N4O3/c1-2-31-23(30)24(12-6-11-19-9-4-3-5-10-19)13-7-15-27(18-24)22(29)20-17-21-25-14-8-16-28(21)26-20/h3-5,8-10,14,16-17H,2,6-7,11-13,15,18H2,1H3/t24-/m1/s1. The second kappa shape index (κ2) is 9.29. The molecule has 1 saturated heterocycles. The van der Waals surface area contributed by atoms with E-state index in [-0.39, 0.29) is 11.9 Å². The zero-order chi connectivity index (χ0) is 21.7. The summed E-state index contributed by atoms with van der Waals surface area (Å²) < 4.78 is 7.06. The van der Waals surface area contributed by atoms with Crippen molar-refractivity contribution in [3.8, 4) is 0 Å². The van der Waals surface area contributed by atoms with E-state index in [1.807, 2.05) is 25.1 Å². The van der Waals surface area contributed by atoms with Crippen molar-refractivity contribution in [1.29, 1.82) is 0 Å². The summed E-state index contributed by atoms with van der Waals surface area (Å²) in [7, 11) is 0. The number of aryl methyl sites for hydroxylation is 1. The topological polar surface area (TPSA) is 76.8 Å². The number of esters is 1. The summed E-state index contributed by atoms with van der Waals surface area (Å²) in [5.41, 5.74) is 1.56. The fourth-order valence-electron chi connectivity index (χ4n) is 4.43. The first-order valence-corrected chi connectivity index (χ1v) is 10.9. The molecule has 2 aromatic heterocycles. The van der Waals surface area contributed by atoms with E-state index >= 15 is 0 Å². The Bertz CT molecular complexity index is 1020. The van der Waals surface area contributed by atoms with E-state index in [1.165, 1.54) is 5.56 Å². The number of piperidine rings is 1. The average molecular weight is 421 g/mol. The SMILES string of the molecule is CCOC(=O)[C@]1(CCCc2ccccc2)CCCN(C(=O)c2cc3ncccn3n2)C1. The Balaban J connectivity index is 1.50. The minimum atomic E-state index is -0.671. The minimum Gasteiger partial charge on any atom is -0.466 e. The van der Waals surface area contributed by atoms with Gasteiger partial charge >= 0.3 is 5.97 Å². The molecule has 3 heterocycles. The van der Waals surface area contributed by atoms with Crippen molar-refractivity contribution in [3.63, 3.8) is 0 Å². The van der Waals surface area contributed by atoms with E-state index in [2.05, 4.69) is 22.2 Å². The molecule has 162 valence electrons. The maximum absolute atomic E-state index is 13.2. The summed E-state index contributed by atoms with van der Waals surface area (Å²) in [6, 6.07) is 13.7. The van der Waals surface area contributed by atoms with Gasteiger partial charge in [-0.1, -0.05) is 30.3 Å². The first-order chi connectivity index (χ1) is 15.1. The van der Waals surface area contributed by atoms with Crippen LogP contribution in [-0.2, 0) is 16.0 Å². The number of benzene rings is 1. The molecule has 7 heteroatoms. The molecule has 0 spiro atoms. The Morgan fingerprint density at radius 2 is 2.03 bits per heavy atom. The van der Waals surface area contributed by atoms with Crippen LogP contribution in [0.2, 0.25) is 0 Å². The zero-order valence-electron chi connectivity index (χ0n) is 17.9. The number of amides is 1. The first kappa shape index (κ1) is 21.0. The van der Waals surface area contributed by atoms with Crippen LogP contribution >= 0.6 is 0 Å². The van der Waals surface area contributed by atoms with Gasteiger partial charge in [-0.3, -0.25) is 9.59 Å². The number of carbonyl (C=O) groups is 2. The molecule has 1 atom stereocenters. The smallest absolute Gasteiger partial charge is 0.313 e. The molecule has 4 rings (SSSR count). The molecule has 1 aliphatic rings. The lowest BCUT2D eigenvalue weighted by Gasteiger charge is -2.40. The van der Waals surface area contributed by atoms with Gasteiger partial charge in [0.25, 0.3) is 5.91 Å². The van der Waals surface area contributed by atoms with E-state index in [0.29, 0.717) is 37.5 Å². The second-order valence-electron chi connectivity index (χ2n) is 8.12. The number of fused-ring (bicyclic) bond motifs is 1. The van der Waals surface area contributed by atoms with Gasteiger partial charge in [0.1, 0.15) is 0 Å². The lowest BCUT2D eigenvalue weighted by atomic mass is 9.75. The number of aromatic nitrogens is 3. The fourth-order valence-corrected chi connectivity index (χ4v) is 4.43. The van der Waals surface area contributed by atoms with Crippen LogP contribution in [0.5, 0.6) is 0 Å². The van der Waals surface area contributed by atoms with Crippen LogP contribution in [-0.4, -0.2) is 51.1 Å². The van der Waals surface area contributed by atoms with Gasteiger partial charge < -0.3 is 9.64 Å². The summed E-state index contributed by atoms with van der Waals surface area (Å²) in [6.07, 6.45) is 7.39. The molecule has 0 bridgehead atoms. The van der Waals surface area contributed by atoms with Crippen LogP contribution in [0.15, 0.2) is 54.9 Å². The highest BCUT2D eigenvalue weighted by Gasteiger charge is 2.44. The van der Waals surface area contributed by atoms with E-state index in [4.69, 9.17) is 4.74 Å². The van der Waals surface area contributed by atoms with Crippen LogP contribution in [0.3, 0.4) is 0 Å². The quantitative estimate of drug-likeness (QED) is 0.547. The minimum absolute atomic E-state index is 0.165. The van der Waals surface area contributed by atoms with Crippen molar-refractivity contribution >= 4 is 17.5 Å². The first-order valence-electron chi connectivity index (χ1n) is 10.9. The molecule has 1 fully saturated rings. The number of ether oxygens (including phenoxy) is 1. The molecule has 1 aromatic carbocycles. The molecule has 31 heavy (non-hydrogen) atoms. The summed E-state index contributed by atoms with van der Waals surface area (Å²) in [4.78, 5) is 32.2. The monoisotopic (exact) mass is 420 g/mol. The highest BCUT2D eigenvalue weighted by atomic mass is 16.5. The number of nitrogens with zero attached hydrogens (tertiary/aromatic N) is 4.